The summed E-state index contributed by atoms with van der Waals surface area (Å²) < 4.78 is 2.60. The van der Waals surface area contributed by atoms with Gasteiger partial charge in [-0.25, -0.2) is 9.48 Å². The summed E-state index contributed by atoms with van der Waals surface area (Å²) in [6, 6.07) is 9.08. The third-order valence-corrected chi connectivity index (χ3v) is 5.15. The summed E-state index contributed by atoms with van der Waals surface area (Å²) in [6.07, 6.45) is 0. The average molecular weight is 398 g/mol. The Morgan fingerprint density at radius 1 is 1.36 bits per heavy atom. The smallest absolute Gasteiger partial charge is 0.356 e. The van der Waals surface area contributed by atoms with Gasteiger partial charge in [-0.05, 0) is 53.2 Å². The number of carbonyl (C=O) groups is 1. The lowest BCUT2D eigenvalue weighted by Gasteiger charge is -2.07. The van der Waals surface area contributed by atoms with Gasteiger partial charge in [-0.2, -0.15) is 5.10 Å². The second-order valence-electron chi connectivity index (χ2n) is 4.64. The molecule has 3 rings (SSSR count). The van der Waals surface area contributed by atoms with Gasteiger partial charge in [0, 0.05) is 20.4 Å². The zero-order valence-corrected chi connectivity index (χ0v) is 14.5. The van der Waals surface area contributed by atoms with Gasteiger partial charge in [0.1, 0.15) is 0 Å². The molecular formula is C15H10BrClN2O2S. The van der Waals surface area contributed by atoms with Gasteiger partial charge in [0.2, 0.25) is 0 Å². The Bertz CT molecular complexity index is 855. The maximum Gasteiger partial charge on any atom is 0.356 e. The molecule has 1 aromatic carbocycles. The summed E-state index contributed by atoms with van der Waals surface area (Å²) in [6.45, 7) is 1.77. The summed E-state index contributed by atoms with van der Waals surface area (Å²) in [7, 11) is 0. The molecule has 0 fully saturated rings. The summed E-state index contributed by atoms with van der Waals surface area (Å²) in [5.74, 6) is -1.04. The molecule has 0 aliphatic carbocycles. The highest BCUT2D eigenvalue weighted by Crippen LogP contribution is 2.35. The molecule has 0 bridgehead atoms. The van der Waals surface area contributed by atoms with Crippen LogP contribution in [-0.4, -0.2) is 20.9 Å². The van der Waals surface area contributed by atoms with Gasteiger partial charge in [-0.1, -0.05) is 11.6 Å². The molecule has 2 heterocycles. The van der Waals surface area contributed by atoms with E-state index < -0.39 is 5.97 Å². The number of hydrogen-bond donors (Lipinski definition) is 1. The van der Waals surface area contributed by atoms with E-state index in [2.05, 4.69) is 21.0 Å². The van der Waals surface area contributed by atoms with Gasteiger partial charge in [0.25, 0.3) is 0 Å². The van der Waals surface area contributed by atoms with Gasteiger partial charge < -0.3 is 5.11 Å². The molecule has 0 spiro atoms. The standard InChI is InChI=1S/C15H10BrClN2O2S/c1-8-13(15(20)21)18-19(11-4-2-10(17)3-5-11)14(8)12-6-9(16)7-22-12/h2-7H,1H3,(H,20,21). The van der Waals surface area contributed by atoms with E-state index in [0.717, 1.165) is 20.7 Å². The predicted molar refractivity (Wildman–Crippen MR) is 91.3 cm³/mol. The fourth-order valence-corrected chi connectivity index (χ4v) is 3.84. The van der Waals surface area contributed by atoms with Crippen molar-refractivity contribution >= 4 is 44.8 Å². The topological polar surface area (TPSA) is 55.1 Å². The molecule has 1 N–H and O–H groups in total. The average Bonchev–Trinajstić information content (AvgIpc) is 3.03. The molecule has 0 aliphatic heterocycles. The number of carboxylic acid groups (broad SMARTS) is 1. The monoisotopic (exact) mass is 396 g/mol. The molecule has 0 atom stereocenters. The Morgan fingerprint density at radius 3 is 2.59 bits per heavy atom. The first-order valence-electron chi connectivity index (χ1n) is 6.30. The van der Waals surface area contributed by atoms with Crippen molar-refractivity contribution in [1.29, 1.82) is 0 Å². The summed E-state index contributed by atoms with van der Waals surface area (Å²) in [4.78, 5) is 12.4. The number of rotatable bonds is 3. The Labute approximate surface area is 144 Å². The van der Waals surface area contributed by atoms with Crippen LogP contribution < -0.4 is 0 Å². The van der Waals surface area contributed by atoms with Crippen molar-refractivity contribution in [3.05, 3.63) is 56.5 Å². The molecule has 0 radical (unpaired) electrons. The fraction of sp³-hybridized carbons (Fsp3) is 0.0667. The summed E-state index contributed by atoms with van der Waals surface area (Å²) >= 11 is 10.9. The fourth-order valence-electron chi connectivity index (χ4n) is 2.19. The van der Waals surface area contributed by atoms with Crippen LogP contribution in [0.15, 0.2) is 40.2 Å². The van der Waals surface area contributed by atoms with Gasteiger partial charge in [0.05, 0.1) is 16.3 Å². The normalized spacial score (nSPS) is 10.9. The molecule has 2 aromatic heterocycles. The highest BCUT2D eigenvalue weighted by atomic mass is 79.9. The SMILES string of the molecule is Cc1c(C(=O)O)nn(-c2ccc(Cl)cc2)c1-c1cc(Br)cs1. The first-order chi connectivity index (χ1) is 10.5. The van der Waals surface area contributed by atoms with Crippen LogP contribution in [0.1, 0.15) is 16.1 Å². The minimum atomic E-state index is -1.04. The van der Waals surface area contributed by atoms with E-state index in [9.17, 15) is 9.90 Å². The van der Waals surface area contributed by atoms with Gasteiger partial charge in [-0.3, -0.25) is 0 Å². The summed E-state index contributed by atoms with van der Waals surface area (Å²) in [5, 5.41) is 16.2. The lowest BCUT2D eigenvalue weighted by Crippen LogP contribution is -2.02. The molecule has 3 aromatic rings. The maximum absolute atomic E-state index is 11.4. The lowest BCUT2D eigenvalue weighted by molar-refractivity contribution is 0.0689. The molecule has 22 heavy (non-hydrogen) atoms. The van der Waals surface area contributed by atoms with Crippen molar-refractivity contribution in [1.82, 2.24) is 9.78 Å². The van der Waals surface area contributed by atoms with Crippen molar-refractivity contribution in [3.8, 4) is 16.3 Å². The van der Waals surface area contributed by atoms with E-state index >= 15 is 0 Å². The van der Waals surface area contributed by atoms with E-state index in [1.54, 1.807) is 23.7 Å². The number of nitrogens with zero attached hydrogens (tertiary/aromatic N) is 2. The first kappa shape index (κ1) is 15.3. The van der Waals surface area contributed by atoms with Gasteiger partial charge in [-0.15, -0.1) is 11.3 Å². The largest absolute Gasteiger partial charge is 0.476 e. The number of aromatic nitrogens is 2. The minimum absolute atomic E-state index is 0.0504. The van der Waals surface area contributed by atoms with Crippen molar-refractivity contribution in [2.75, 3.05) is 0 Å². The Kier molecular flexibility index (Phi) is 4.08. The van der Waals surface area contributed by atoms with Crippen LogP contribution in [0, 0.1) is 6.92 Å². The van der Waals surface area contributed by atoms with E-state index in [1.807, 2.05) is 23.6 Å². The third kappa shape index (κ3) is 2.69. The Balaban J connectivity index is 2.26. The third-order valence-electron chi connectivity index (χ3n) is 3.20. The highest BCUT2D eigenvalue weighted by Gasteiger charge is 2.22. The van der Waals surface area contributed by atoms with Gasteiger partial charge in [0.15, 0.2) is 5.69 Å². The summed E-state index contributed by atoms with van der Waals surface area (Å²) in [5.41, 5.74) is 2.22. The second-order valence-corrected chi connectivity index (χ2v) is 6.91. The zero-order valence-electron chi connectivity index (χ0n) is 11.4. The highest BCUT2D eigenvalue weighted by molar-refractivity contribution is 9.10. The van der Waals surface area contributed by atoms with Crippen LogP contribution in [0.25, 0.3) is 16.3 Å². The second kappa shape index (κ2) is 5.87. The molecular weight excluding hydrogens is 388 g/mol. The van der Waals surface area contributed by atoms with Crippen LogP contribution in [0.2, 0.25) is 5.02 Å². The van der Waals surface area contributed by atoms with Crippen LogP contribution in [0.3, 0.4) is 0 Å². The van der Waals surface area contributed by atoms with E-state index in [4.69, 9.17) is 11.6 Å². The number of hydrogen-bond acceptors (Lipinski definition) is 3. The van der Waals surface area contributed by atoms with Crippen LogP contribution in [-0.2, 0) is 0 Å². The van der Waals surface area contributed by atoms with E-state index in [-0.39, 0.29) is 5.69 Å². The number of halogens is 2. The Morgan fingerprint density at radius 2 is 2.05 bits per heavy atom. The molecule has 7 heteroatoms. The molecule has 4 nitrogen and oxygen atoms in total. The number of carboxylic acids is 1. The molecule has 112 valence electrons. The van der Waals surface area contributed by atoms with Crippen LogP contribution >= 0.6 is 38.9 Å². The number of thiophene rings is 1. The minimum Gasteiger partial charge on any atom is -0.476 e. The number of aromatic carboxylic acids is 1. The Hall–Kier alpha value is -1.63. The van der Waals surface area contributed by atoms with Crippen molar-refractivity contribution in [3.63, 3.8) is 0 Å². The zero-order chi connectivity index (χ0) is 15.9. The van der Waals surface area contributed by atoms with Crippen molar-refractivity contribution < 1.29 is 9.90 Å². The van der Waals surface area contributed by atoms with Crippen LogP contribution in [0.4, 0.5) is 0 Å². The molecule has 0 unspecified atom stereocenters. The molecule has 0 amide bonds. The molecule has 0 saturated carbocycles. The van der Waals surface area contributed by atoms with Crippen LogP contribution in [0.5, 0.6) is 0 Å². The first-order valence-corrected chi connectivity index (χ1v) is 8.35. The van der Waals surface area contributed by atoms with Gasteiger partial charge >= 0.3 is 5.97 Å². The lowest BCUT2D eigenvalue weighted by atomic mass is 10.1. The molecule has 0 aliphatic rings. The van der Waals surface area contributed by atoms with Crippen molar-refractivity contribution in [2.45, 2.75) is 6.92 Å². The predicted octanol–water partition coefficient (Wildman–Crippen LogP) is 5.02. The number of benzene rings is 1. The van der Waals surface area contributed by atoms with E-state index in [0.29, 0.717) is 10.6 Å². The van der Waals surface area contributed by atoms with Crippen molar-refractivity contribution in [2.24, 2.45) is 0 Å². The molecule has 0 saturated heterocycles. The quantitative estimate of drug-likeness (QED) is 0.675. The maximum atomic E-state index is 11.4. The van der Waals surface area contributed by atoms with E-state index in [1.165, 1.54) is 11.3 Å².